The number of aryl methyl sites for hydroxylation is 2. The van der Waals surface area contributed by atoms with Gasteiger partial charge in [0.15, 0.2) is 5.82 Å². The fourth-order valence-corrected chi connectivity index (χ4v) is 6.54. The van der Waals surface area contributed by atoms with Gasteiger partial charge in [-0.3, -0.25) is 28.9 Å². The molecule has 228 valence electrons. The van der Waals surface area contributed by atoms with Crippen LogP contribution >= 0.6 is 0 Å². The molecule has 0 fully saturated rings. The third-order valence-electron chi connectivity index (χ3n) is 8.72. The zero-order valence-corrected chi connectivity index (χ0v) is 25.2. The standard InChI is InChI=1S/C31H35N9O4/c1-19(41)44-18-23-22(8-9-32-29(23)39-12-11-38-26-7-5-4-6-20(26)14-27(38)31(39)43)24-16-25(30(42)37(3)34-24)33-28-15-21-17-36(2)10-13-40(21)35-28/h8-9,14-16H,4-7,10-13,17-18H2,1-3H3,(H,33,35). The highest BCUT2D eigenvalue weighted by Crippen LogP contribution is 2.34. The number of nitrogens with one attached hydrogen (secondary N) is 1. The topological polar surface area (TPSA) is 132 Å². The molecule has 0 saturated carbocycles. The van der Waals surface area contributed by atoms with Gasteiger partial charge in [0.2, 0.25) is 0 Å². The number of amides is 1. The molecule has 6 heterocycles. The Kier molecular flexibility index (Phi) is 7.04. The fraction of sp³-hybridized carbons (Fsp3) is 0.419. The molecular formula is C31H35N9O4. The summed E-state index contributed by atoms with van der Waals surface area (Å²) in [6, 6.07) is 7.40. The number of likely N-dealkylation sites (N-methyl/N-ethyl adjacent to an activating group) is 1. The molecular weight excluding hydrogens is 562 g/mol. The Hall–Kier alpha value is -4.78. The van der Waals surface area contributed by atoms with Crippen molar-refractivity contribution in [3.8, 4) is 11.3 Å². The number of pyridine rings is 1. The van der Waals surface area contributed by atoms with Gasteiger partial charge in [-0.1, -0.05) is 0 Å². The number of nitrogens with zero attached hydrogens (tertiary/aromatic N) is 8. The zero-order chi connectivity index (χ0) is 30.5. The van der Waals surface area contributed by atoms with Crippen LogP contribution in [0.25, 0.3) is 11.3 Å². The lowest BCUT2D eigenvalue weighted by atomic mass is 9.98. The van der Waals surface area contributed by atoms with Crippen molar-refractivity contribution in [3.05, 3.63) is 69.0 Å². The van der Waals surface area contributed by atoms with Gasteiger partial charge in [0.25, 0.3) is 11.5 Å². The van der Waals surface area contributed by atoms with Crippen molar-refractivity contribution < 1.29 is 14.3 Å². The van der Waals surface area contributed by atoms with Crippen LogP contribution in [0.5, 0.6) is 0 Å². The van der Waals surface area contributed by atoms with Crippen molar-refractivity contribution in [2.75, 3.05) is 30.4 Å². The lowest BCUT2D eigenvalue weighted by molar-refractivity contribution is -0.142. The summed E-state index contributed by atoms with van der Waals surface area (Å²) in [6.45, 7) is 4.78. The SMILES string of the molecule is CC(=O)OCc1c(-c2cc(Nc3cc4n(n3)CCN(C)C4)c(=O)n(C)n2)ccnc1N1CCn2c(cc3c2CCCC3)C1=O. The van der Waals surface area contributed by atoms with E-state index in [1.807, 2.05) is 16.8 Å². The number of esters is 1. The first kappa shape index (κ1) is 28.0. The van der Waals surface area contributed by atoms with Gasteiger partial charge in [-0.05, 0) is 56.5 Å². The summed E-state index contributed by atoms with van der Waals surface area (Å²) in [4.78, 5) is 47.5. The summed E-state index contributed by atoms with van der Waals surface area (Å²) in [5.41, 5.74) is 5.84. The maximum atomic E-state index is 13.9. The number of hydrogen-bond acceptors (Lipinski definition) is 9. The number of aromatic nitrogens is 6. The number of anilines is 3. The molecule has 0 spiro atoms. The van der Waals surface area contributed by atoms with Crippen LogP contribution in [0.1, 0.15) is 52.8 Å². The van der Waals surface area contributed by atoms with Crippen LogP contribution in [0.15, 0.2) is 35.3 Å². The molecule has 7 rings (SSSR count). The van der Waals surface area contributed by atoms with E-state index in [4.69, 9.17) is 4.74 Å². The van der Waals surface area contributed by atoms with Crippen LogP contribution in [-0.2, 0) is 55.7 Å². The number of carbonyl (C=O) groups excluding carboxylic acids is 2. The molecule has 13 nitrogen and oxygen atoms in total. The van der Waals surface area contributed by atoms with Gasteiger partial charge in [-0.15, -0.1) is 0 Å². The van der Waals surface area contributed by atoms with Crippen molar-refractivity contribution in [3.63, 3.8) is 0 Å². The Balaban J connectivity index is 1.27. The van der Waals surface area contributed by atoms with E-state index in [1.54, 1.807) is 30.3 Å². The third kappa shape index (κ3) is 4.96. The zero-order valence-electron chi connectivity index (χ0n) is 25.2. The van der Waals surface area contributed by atoms with Crippen LogP contribution in [0.3, 0.4) is 0 Å². The van der Waals surface area contributed by atoms with Gasteiger partial charge in [0.1, 0.15) is 23.8 Å². The Labute approximate surface area is 254 Å². The molecule has 0 radical (unpaired) electrons. The molecule has 13 heteroatoms. The molecule has 1 amide bonds. The minimum absolute atomic E-state index is 0.107. The summed E-state index contributed by atoms with van der Waals surface area (Å²) >= 11 is 0. The molecule has 2 aliphatic heterocycles. The lowest BCUT2D eigenvalue weighted by Crippen LogP contribution is -2.41. The van der Waals surface area contributed by atoms with Gasteiger partial charge >= 0.3 is 5.97 Å². The summed E-state index contributed by atoms with van der Waals surface area (Å²) in [5, 5.41) is 12.4. The van der Waals surface area contributed by atoms with Gasteiger partial charge < -0.3 is 14.6 Å². The van der Waals surface area contributed by atoms with Crippen LogP contribution in [0.2, 0.25) is 0 Å². The largest absolute Gasteiger partial charge is 0.461 e. The Morgan fingerprint density at radius 2 is 1.86 bits per heavy atom. The quantitative estimate of drug-likeness (QED) is 0.333. The maximum absolute atomic E-state index is 13.9. The average Bonchev–Trinajstić information content (AvgIpc) is 3.59. The van der Waals surface area contributed by atoms with Crippen molar-refractivity contribution in [1.29, 1.82) is 0 Å². The fourth-order valence-electron chi connectivity index (χ4n) is 6.54. The molecule has 3 aliphatic rings. The van der Waals surface area contributed by atoms with Gasteiger partial charge in [0, 0.05) is 69.2 Å². The van der Waals surface area contributed by atoms with E-state index in [-0.39, 0.29) is 18.1 Å². The Morgan fingerprint density at radius 1 is 1.02 bits per heavy atom. The Bertz CT molecular complexity index is 1850. The third-order valence-corrected chi connectivity index (χ3v) is 8.72. The average molecular weight is 598 g/mol. The van der Waals surface area contributed by atoms with Crippen molar-refractivity contribution in [2.45, 2.75) is 58.8 Å². The van der Waals surface area contributed by atoms with Crippen molar-refractivity contribution in [2.24, 2.45) is 7.05 Å². The van der Waals surface area contributed by atoms with E-state index in [2.05, 4.69) is 37.0 Å². The molecule has 0 saturated heterocycles. The van der Waals surface area contributed by atoms with Gasteiger partial charge in [-0.2, -0.15) is 10.2 Å². The smallest absolute Gasteiger partial charge is 0.302 e. The highest BCUT2D eigenvalue weighted by Gasteiger charge is 2.33. The molecule has 4 aromatic heterocycles. The number of fused-ring (bicyclic) bond motifs is 4. The Morgan fingerprint density at radius 3 is 2.70 bits per heavy atom. The number of carbonyl (C=O) groups is 2. The normalized spacial score (nSPS) is 16.3. The molecule has 4 aromatic rings. The molecule has 44 heavy (non-hydrogen) atoms. The predicted molar refractivity (Wildman–Crippen MR) is 163 cm³/mol. The molecule has 1 aliphatic carbocycles. The highest BCUT2D eigenvalue weighted by atomic mass is 16.5. The minimum atomic E-state index is -0.456. The van der Waals surface area contributed by atoms with Crippen LogP contribution in [0, 0.1) is 0 Å². The molecule has 1 N–H and O–H groups in total. The molecule has 0 atom stereocenters. The van der Waals surface area contributed by atoms with E-state index in [0.717, 1.165) is 51.0 Å². The minimum Gasteiger partial charge on any atom is -0.461 e. The van der Waals surface area contributed by atoms with E-state index in [0.29, 0.717) is 52.9 Å². The second kappa shape index (κ2) is 11.1. The van der Waals surface area contributed by atoms with E-state index in [1.165, 1.54) is 22.9 Å². The van der Waals surface area contributed by atoms with Gasteiger partial charge in [-0.25, -0.2) is 9.67 Å². The summed E-state index contributed by atoms with van der Waals surface area (Å²) in [6.07, 6.45) is 5.86. The monoisotopic (exact) mass is 597 g/mol. The van der Waals surface area contributed by atoms with E-state index < -0.39 is 5.97 Å². The number of hydrogen-bond donors (Lipinski definition) is 1. The van der Waals surface area contributed by atoms with Crippen molar-refractivity contribution in [1.82, 2.24) is 34.0 Å². The van der Waals surface area contributed by atoms with E-state index in [9.17, 15) is 14.4 Å². The van der Waals surface area contributed by atoms with Crippen LogP contribution in [-0.4, -0.2) is 66.0 Å². The second-order valence-corrected chi connectivity index (χ2v) is 11.7. The number of rotatable bonds is 6. The first-order valence-corrected chi connectivity index (χ1v) is 15.0. The summed E-state index contributed by atoms with van der Waals surface area (Å²) in [5.74, 6) is 0.395. The highest BCUT2D eigenvalue weighted by molar-refractivity contribution is 6.06. The molecule has 0 bridgehead atoms. The molecule has 0 unspecified atom stereocenters. The van der Waals surface area contributed by atoms with Crippen LogP contribution in [0.4, 0.5) is 17.3 Å². The van der Waals surface area contributed by atoms with Crippen LogP contribution < -0.4 is 15.8 Å². The van der Waals surface area contributed by atoms with E-state index >= 15 is 0 Å². The first-order valence-electron chi connectivity index (χ1n) is 15.0. The van der Waals surface area contributed by atoms with Crippen molar-refractivity contribution >= 4 is 29.2 Å². The number of ether oxygens (including phenoxy) is 1. The lowest BCUT2D eigenvalue weighted by Gasteiger charge is -2.30. The maximum Gasteiger partial charge on any atom is 0.302 e. The summed E-state index contributed by atoms with van der Waals surface area (Å²) in [7, 11) is 3.65. The van der Waals surface area contributed by atoms with Gasteiger partial charge in [0.05, 0.1) is 17.9 Å². The molecule has 0 aromatic carbocycles. The first-order chi connectivity index (χ1) is 21.3. The predicted octanol–water partition coefficient (Wildman–Crippen LogP) is 2.63. The second-order valence-electron chi connectivity index (χ2n) is 11.7. The summed E-state index contributed by atoms with van der Waals surface area (Å²) < 4.78 is 10.8.